The summed E-state index contributed by atoms with van der Waals surface area (Å²) in [7, 11) is 0. The molecule has 2 aromatic carbocycles. The largest absolute Gasteiger partial charge is 0.478 e. The summed E-state index contributed by atoms with van der Waals surface area (Å²) in [6.07, 6.45) is -1.13. The first kappa shape index (κ1) is 23.4. The van der Waals surface area contributed by atoms with E-state index in [-0.39, 0.29) is 30.1 Å². The molecule has 36 heavy (non-hydrogen) atoms. The summed E-state index contributed by atoms with van der Waals surface area (Å²) in [4.78, 5) is 50.7. The number of carbonyl (C=O) groups excluding carboxylic acids is 2. The van der Waals surface area contributed by atoms with E-state index in [1.807, 2.05) is 4.90 Å². The number of hydrogen-bond acceptors (Lipinski definition) is 6. The Morgan fingerprint density at radius 3 is 2.53 bits per heavy atom. The molecule has 2 aliphatic rings. The van der Waals surface area contributed by atoms with E-state index in [1.54, 1.807) is 27.6 Å². The van der Waals surface area contributed by atoms with Gasteiger partial charge in [-0.05, 0) is 36.4 Å². The lowest BCUT2D eigenvalue weighted by Crippen LogP contribution is -2.33. The lowest BCUT2D eigenvalue weighted by molar-refractivity contribution is -0.119. The van der Waals surface area contributed by atoms with Crippen molar-refractivity contribution >= 4 is 40.2 Å². The van der Waals surface area contributed by atoms with Gasteiger partial charge in [-0.15, -0.1) is 0 Å². The zero-order valence-electron chi connectivity index (χ0n) is 19.4. The Hall–Kier alpha value is -4.35. The molecule has 11 nitrogen and oxygen atoms in total. The van der Waals surface area contributed by atoms with Crippen LogP contribution in [0.1, 0.15) is 17.3 Å². The van der Waals surface area contributed by atoms with Crippen LogP contribution in [0.25, 0.3) is 10.9 Å². The summed E-state index contributed by atoms with van der Waals surface area (Å²) in [6, 6.07) is 8.98. The molecular formula is C24H24FN5O6. The van der Waals surface area contributed by atoms with Crippen LogP contribution >= 0.6 is 0 Å². The van der Waals surface area contributed by atoms with Gasteiger partial charge in [-0.2, -0.15) is 0 Å². The van der Waals surface area contributed by atoms with Crippen LogP contribution in [0, 0.1) is 5.82 Å². The number of halogens is 1. The number of ether oxygens (including phenoxy) is 1. The number of benzene rings is 2. The van der Waals surface area contributed by atoms with Gasteiger partial charge >= 0.3 is 12.1 Å². The third-order valence-corrected chi connectivity index (χ3v) is 6.48. The summed E-state index contributed by atoms with van der Waals surface area (Å²) in [5.41, 5.74) is 1.09. The second-order valence-corrected chi connectivity index (χ2v) is 8.76. The van der Waals surface area contributed by atoms with Gasteiger partial charge < -0.3 is 20.1 Å². The van der Waals surface area contributed by atoms with Crippen molar-refractivity contribution in [2.45, 2.75) is 26.1 Å². The van der Waals surface area contributed by atoms with Crippen molar-refractivity contribution in [1.82, 2.24) is 14.7 Å². The van der Waals surface area contributed by atoms with Crippen LogP contribution in [0.4, 0.5) is 20.6 Å². The minimum atomic E-state index is -1.10. The molecule has 2 N–H and O–H groups in total. The SMILES string of the molecule is CC(=O)NC[C@H]1CN(c2ccc(N3CCn4c(=O)c5cc(C(=O)O)ccc5n4CC3)c(F)c2)C(=O)O1. The predicted octanol–water partition coefficient (Wildman–Crippen LogP) is 1.62. The van der Waals surface area contributed by atoms with E-state index in [1.165, 1.54) is 30.0 Å². The fourth-order valence-electron chi connectivity index (χ4n) is 4.71. The Morgan fingerprint density at radius 2 is 1.83 bits per heavy atom. The number of anilines is 2. The van der Waals surface area contributed by atoms with Gasteiger partial charge in [0.1, 0.15) is 11.9 Å². The number of nitrogens with one attached hydrogen (secondary N) is 1. The van der Waals surface area contributed by atoms with Gasteiger partial charge in [0.25, 0.3) is 5.56 Å². The first-order valence-electron chi connectivity index (χ1n) is 11.5. The van der Waals surface area contributed by atoms with Crippen molar-refractivity contribution in [2.24, 2.45) is 0 Å². The average molecular weight is 497 g/mol. The number of rotatable bonds is 5. The Morgan fingerprint density at radius 1 is 1.08 bits per heavy atom. The van der Waals surface area contributed by atoms with Crippen molar-refractivity contribution in [3.63, 3.8) is 0 Å². The lowest BCUT2D eigenvalue weighted by atomic mass is 10.1. The molecule has 1 atom stereocenters. The van der Waals surface area contributed by atoms with Crippen molar-refractivity contribution in [3.05, 3.63) is 58.1 Å². The maximum absolute atomic E-state index is 15.2. The highest BCUT2D eigenvalue weighted by molar-refractivity contribution is 5.93. The van der Waals surface area contributed by atoms with Crippen molar-refractivity contribution in [3.8, 4) is 0 Å². The van der Waals surface area contributed by atoms with Crippen molar-refractivity contribution < 1.29 is 28.6 Å². The third-order valence-electron chi connectivity index (χ3n) is 6.48. The molecule has 0 unspecified atom stereocenters. The average Bonchev–Trinajstić information content (AvgIpc) is 3.24. The zero-order chi connectivity index (χ0) is 25.6. The van der Waals surface area contributed by atoms with Crippen molar-refractivity contribution in [1.29, 1.82) is 0 Å². The fourth-order valence-corrected chi connectivity index (χ4v) is 4.71. The normalized spacial score (nSPS) is 17.6. The summed E-state index contributed by atoms with van der Waals surface area (Å²) < 4.78 is 23.8. The highest BCUT2D eigenvalue weighted by Crippen LogP contribution is 2.29. The van der Waals surface area contributed by atoms with E-state index < -0.39 is 24.0 Å². The van der Waals surface area contributed by atoms with Crippen LogP contribution in [0.5, 0.6) is 0 Å². The zero-order valence-corrected chi connectivity index (χ0v) is 19.4. The standard InChI is InChI=1S/C24H24FN5O6/c1-14(31)26-12-17-13-28(24(35)36-17)16-3-5-21(19(25)11-16)27-6-8-29-20-4-2-15(23(33)34)10-18(20)22(32)30(29)9-7-27/h2-5,10-11,17H,6-9,12-13H2,1H3,(H,26,31)(H,33,34)/t17-/m0/s1. The van der Waals surface area contributed by atoms with Crippen molar-refractivity contribution in [2.75, 3.05) is 36.0 Å². The predicted molar refractivity (Wildman–Crippen MR) is 128 cm³/mol. The van der Waals surface area contributed by atoms with E-state index in [9.17, 15) is 24.3 Å². The number of cyclic esters (lactones) is 1. The Labute approximate surface area is 204 Å². The van der Waals surface area contributed by atoms with Gasteiger partial charge in [-0.3, -0.25) is 19.2 Å². The second-order valence-electron chi connectivity index (χ2n) is 8.76. The number of hydrogen-bond donors (Lipinski definition) is 2. The minimum Gasteiger partial charge on any atom is -0.478 e. The van der Waals surface area contributed by atoms with Gasteiger partial charge in [-0.1, -0.05) is 0 Å². The number of amides is 2. The van der Waals surface area contributed by atoms with Gasteiger partial charge in [0.15, 0.2) is 0 Å². The molecular weight excluding hydrogens is 473 g/mol. The van der Waals surface area contributed by atoms with E-state index in [4.69, 9.17) is 4.74 Å². The highest BCUT2D eigenvalue weighted by atomic mass is 19.1. The maximum atomic E-state index is 15.2. The third kappa shape index (κ3) is 4.14. The Bertz CT molecular complexity index is 1450. The van der Waals surface area contributed by atoms with E-state index in [0.29, 0.717) is 48.5 Å². The van der Waals surface area contributed by atoms with Crippen LogP contribution in [-0.4, -0.2) is 64.7 Å². The van der Waals surface area contributed by atoms with Gasteiger partial charge in [0, 0.05) is 20.0 Å². The first-order valence-corrected chi connectivity index (χ1v) is 11.5. The fraction of sp³-hybridized carbons (Fsp3) is 0.333. The van der Waals surface area contributed by atoms with Crippen LogP contribution in [0.3, 0.4) is 0 Å². The van der Waals surface area contributed by atoms with E-state index >= 15 is 4.39 Å². The Kier molecular flexibility index (Phi) is 5.86. The monoisotopic (exact) mass is 497 g/mol. The van der Waals surface area contributed by atoms with Crippen LogP contribution in [0.15, 0.2) is 41.2 Å². The lowest BCUT2D eigenvalue weighted by Gasteiger charge is -2.24. The van der Waals surface area contributed by atoms with Gasteiger partial charge in [0.05, 0.1) is 54.0 Å². The smallest absolute Gasteiger partial charge is 0.414 e. The molecule has 1 saturated heterocycles. The molecule has 12 heteroatoms. The molecule has 2 amide bonds. The number of carbonyl (C=O) groups is 3. The minimum absolute atomic E-state index is 0.0491. The molecule has 5 rings (SSSR count). The number of aromatic nitrogens is 2. The van der Waals surface area contributed by atoms with Crippen LogP contribution < -0.4 is 20.7 Å². The molecule has 0 saturated carbocycles. The number of nitrogens with zero attached hydrogens (tertiary/aromatic N) is 4. The Balaban J connectivity index is 1.33. The summed E-state index contributed by atoms with van der Waals surface area (Å²) in [5.74, 6) is -1.84. The first-order chi connectivity index (χ1) is 17.2. The molecule has 1 fully saturated rings. The molecule has 0 bridgehead atoms. The molecule has 188 valence electrons. The number of carboxylic acid groups (broad SMARTS) is 1. The molecule has 0 radical (unpaired) electrons. The van der Waals surface area contributed by atoms with Crippen LogP contribution in [-0.2, 0) is 22.6 Å². The summed E-state index contributed by atoms with van der Waals surface area (Å²) in [6.45, 7) is 3.22. The number of fused-ring (bicyclic) bond motifs is 3. The molecule has 2 aliphatic heterocycles. The molecule has 3 aromatic rings. The maximum Gasteiger partial charge on any atom is 0.414 e. The molecule has 0 aliphatic carbocycles. The van der Waals surface area contributed by atoms with E-state index in [2.05, 4.69) is 5.32 Å². The number of aromatic carboxylic acids is 1. The topological polar surface area (TPSA) is 126 Å². The summed E-state index contributed by atoms with van der Waals surface area (Å²) in [5, 5.41) is 12.2. The quantitative estimate of drug-likeness (QED) is 0.549. The van der Waals surface area contributed by atoms with Crippen LogP contribution in [0.2, 0.25) is 0 Å². The second kappa shape index (κ2) is 9.02. The number of carboxylic acids is 1. The summed E-state index contributed by atoms with van der Waals surface area (Å²) >= 11 is 0. The highest BCUT2D eigenvalue weighted by Gasteiger charge is 2.33. The molecule has 0 spiro atoms. The van der Waals surface area contributed by atoms with Gasteiger partial charge in [-0.25, -0.2) is 18.7 Å². The van der Waals surface area contributed by atoms with Gasteiger partial charge in [0.2, 0.25) is 5.91 Å². The molecule has 1 aromatic heterocycles. The molecule has 3 heterocycles. The van der Waals surface area contributed by atoms with E-state index in [0.717, 1.165) is 0 Å².